The Labute approximate surface area is 147 Å². The maximum Gasteiger partial charge on any atom is 0.276 e. The number of hydrogen-bond acceptors (Lipinski definition) is 3. The highest BCUT2D eigenvalue weighted by Gasteiger charge is 2.10. The van der Waals surface area contributed by atoms with E-state index in [0.717, 1.165) is 20.7 Å². The van der Waals surface area contributed by atoms with Crippen molar-refractivity contribution in [1.29, 1.82) is 0 Å². The lowest BCUT2D eigenvalue weighted by Crippen LogP contribution is -2.13. The third-order valence-electron chi connectivity index (χ3n) is 3.26. The van der Waals surface area contributed by atoms with Gasteiger partial charge in [-0.05, 0) is 77.2 Å². The van der Waals surface area contributed by atoms with Crippen LogP contribution >= 0.6 is 22.6 Å². The van der Waals surface area contributed by atoms with Gasteiger partial charge in [-0.3, -0.25) is 4.79 Å². The normalized spacial score (nSPS) is 10.3. The third kappa shape index (κ3) is 3.70. The molecule has 3 aromatic rings. The molecular formula is C17H14IN3O2. The van der Waals surface area contributed by atoms with E-state index >= 15 is 0 Å². The van der Waals surface area contributed by atoms with Crippen LogP contribution in [0.4, 0.5) is 5.69 Å². The number of anilines is 1. The number of carbonyl (C=O) groups is 1. The van der Waals surface area contributed by atoms with Gasteiger partial charge in [0.1, 0.15) is 5.75 Å². The van der Waals surface area contributed by atoms with Crippen molar-refractivity contribution in [2.45, 2.75) is 0 Å². The number of benzene rings is 2. The standard InChI is InChI=1S/C17H14IN3O2/c1-23-15-8-6-14(7-9-15)21-11-10-16(20-21)17(22)19-13-4-2-12(18)3-5-13/h2-11H,1H3,(H,19,22). The van der Waals surface area contributed by atoms with E-state index in [1.807, 2.05) is 48.5 Å². The number of methoxy groups -OCH3 is 1. The summed E-state index contributed by atoms with van der Waals surface area (Å²) in [7, 11) is 1.62. The highest BCUT2D eigenvalue weighted by molar-refractivity contribution is 14.1. The predicted molar refractivity (Wildman–Crippen MR) is 97.2 cm³/mol. The minimum Gasteiger partial charge on any atom is -0.497 e. The highest BCUT2D eigenvalue weighted by Crippen LogP contribution is 2.15. The molecule has 23 heavy (non-hydrogen) atoms. The smallest absolute Gasteiger partial charge is 0.276 e. The first-order chi connectivity index (χ1) is 11.2. The third-order valence-corrected chi connectivity index (χ3v) is 3.98. The lowest BCUT2D eigenvalue weighted by molar-refractivity contribution is 0.102. The van der Waals surface area contributed by atoms with Gasteiger partial charge in [-0.15, -0.1) is 0 Å². The van der Waals surface area contributed by atoms with Crippen molar-refractivity contribution >= 4 is 34.2 Å². The molecule has 3 rings (SSSR count). The summed E-state index contributed by atoms with van der Waals surface area (Å²) >= 11 is 2.22. The van der Waals surface area contributed by atoms with E-state index < -0.39 is 0 Å². The first-order valence-corrected chi connectivity index (χ1v) is 8.00. The molecule has 0 aliphatic carbocycles. The summed E-state index contributed by atoms with van der Waals surface area (Å²) in [5.41, 5.74) is 1.97. The summed E-state index contributed by atoms with van der Waals surface area (Å²) in [5.74, 6) is 0.538. The Hall–Kier alpha value is -2.35. The van der Waals surface area contributed by atoms with Crippen LogP contribution in [0.3, 0.4) is 0 Å². The fourth-order valence-electron chi connectivity index (χ4n) is 2.05. The number of rotatable bonds is 4. The Kier molecular flexibility index (Phi) is 4.61. The molecule has 1 aromatic heterocycles. The number of nitrogens with zero attached hydrogens (tertiary/aromatic N) is 2. The zero-order valence-corrected chi connectivity index (χ0v) is 14.5. The zero-order valence-electron chi connectivity index (χ0n) is 12.4. The first kappa shape index (κ1) is 15.5. The first-order valence-electron chi connectivity index (χ1n) is 6.93. The SMILES string of the molecule is COc1ccc(-n2ccc(C(=O)Nc3ccc(I)cc3)n2)cc1. The molecule has 0 radical (unpaired) electrons. The largest absolute Gasteiger partial charge is 0.497 e. The molecular weight excluding hydrogens is 405 g/mol. The van der Waals surface area contributed by atoms with E-state index in [9.17, 15) is 4.79 Å². The summed E-state index contributed by atoms with van der Waals surface area (Å²) in [5, 5.41) is 7.14. The summed E-state index contributed by atoms with van der Waals surface area (Å²) in [6.07, 6.45) is 1.75. The van der Waals surface area contributed by atoms with E-state index in [-0.39, 0.29) is 5.91 Å². The quantitative estimate of drug-likeness (QED) is 0.656. The zero-order chi connectivity index (χ0) is 16.2. The van der Waals surface area contributed by atoms with Crippen LogP contribution in [0.25, 0.3) is 5.69 Å². The highest BCUT2D eigenvalue weighted by atomic mass is 127. The van der Waals surface area contributed by atoms with Gasteiger partial charge in [-0.2, -0.15) is 5.10 Å². The fourth-order valence-corrected chi connectivity index (χ4v) is 2.41. The van der Waals surface area contributed by atoms with Crippen LogP contribution in [0.1, 0.15) is 10.5 Å². The van der Waals surface area contributed by atoms with Crippen LogP contribution in [-0.4, -0.2) is 22.8 Å². The summed E-state index contributed by atoms with van der Waals surface area (Å²) < 4.78 is 7.90. The number of carbonyl (C=O) groups excluding carboxylic acids is 1. The molecule has 0 saturated carbocycles. The van der Waals surface area contributed by atoms with E-state index in [4.69, 9.17) is 4.74 Å². The number of amides is 1. The van der Waals surface area contributed by atoms with Gasteiger partial charge in [-0.1, -0.05) is 0 Å². The molecule has 116 valence electrons. The minimum absolute atomic E-state index is 0.238. The van der Waals surface area contributed by atoms with Crippen molar-refractivity contribution in [3.8, 4) is 11.4 Å². The number of aromatic nitrogens is 2. The van der Waals surface area contributed by atoms with Gasteiger partial charge < -0.3 is 10.1 Å². The number of nitrogens with one attached hydrogen (secondary N) is 1. The average Bonchev–Trinajstić information content (AvgIpc) is 3.07. The molecule has 1 N–H and O–H groups in total. The maximum absolute atomic E-state index is 12.2. The molecule has 5 nitrogen and oxygen atoms in total. The lowest BCUT2D eigenvalue weighted by atomic mass is 10.3. The second kappa shape index (κ2) is 6.82. The molecule has 0 spiro atoms. The van der Waals surface area contributed by atoms with Crippen LogP contribution in [0, 0.1) is 3.57 Å². The Balaban J connectivity index is 1.75. The Morgan fingerprint density at radius 1 is 1.09 bits per heavy atom. The second-order valence-corrected chi connectivity index (χ2v) is 6.05. The Morgan fingerprint density at radius 3 is 2.43 bits per heavy atom. The minimum atomic E-state index is -0.238. The van der Waals surface area contributed by atoms with Crippen molar-refractivity contribution in [3.05, 3.63) is 70.1 Å². The molecule has 0 fully saturated rings. The van der Waals surface area contributed by atoms with Gasteiger partial charge in [0.05, 0.1) is 12.8 Å². The molecule has 1 heterocycles. The maximum atomic E-state index is 12.2. The van der Waals surface area contributed by atoms with E-state index in [2.05, 4.69) is 33.0 Å². The molecule has 0 aliphatic heterocycles. The van der Waals surface area contributed by atoms with E-state index in [0.29, 0.717) is 5.69 Å². The van der Waals surface area contributed by atoms with Crippen molar-refractivity contribution in [2.24, 2.45) is 0 Å². The van der Waals surface area contributed by atoms with Gasteiger partial charge in [-0.25, -0.2) is 4.68 Å². The molecule has 6 heteroatoms. The lowest BCUT2D eigenvalue weighted by Gasteiger charge is -2.04. The van der Waals surface area contributed by atoms with Crippen LogP contribution in [0.15, 0.2) is 60.8 Å². The van der Waals surface area contributed by atoms with Crippen LogP contribution in [0.5, 0.6) is 5.75 Å². The average molecular weight is 419 g/mol. The monoisotopic (exact) mass is 419 g/mol. The molecule has 0 bridgehead atoms. The van der Waals surface area contributed by atoms with Gasteiger partial charge in [0.15, 0.2) is 5.69 Å². The molecule has 2 aromatic carbocycles. The van der Waals surface area contributed by atoms with E-state index in [1.54, 1.807) is 24.1 Å². The molecule has 0 aliphatic rings. The van der Waals surface area contributed by atoms with Crippen molar-refractivity contribution in [3.63, 3.8) is 0 Å². The summed E-state index contributed by atoms with van der Waals surface area (Å²) in [6, 6.07) is 16.7. The van der Waals surface area contributed by atoms with Crippen molar-refractivity contribution < 1.29 is 9.53 Å². The van der Waals surface area contributed by atoms with Crippen LogP contribution in [-0.2, 0) is 0 Å². The summed E-state index contributed by atoms with van der Waals surface area (Å²) in [6.45, 7) is 0. The van der Waals surface area contributed by atoms with Gasteiger partial charge in [0, 0.05) is 15.5 Å². The molecule has 0 saturated heterocycles. The Morgan fingerprint density at radius 2 is 1.78 bits per heavy atom. The molecule has 0 atom stereocenters. The van der Waals surface area contributed by atoms with Gasteiger partial charge in [0.2, 0.25) is 0 Å². The van der Waals surface area contributed by atoms with Crippen molar-refractivity contribution in [2.75, 3.05) is 12.4 Å². The Bertz CT molecular complexity index is 811. The second-order valence-electron chi connectivity index (χ2n) is 4.80. The predicted octanol–water partition coefficient (Wildman–Crippen LogP) is 3.74. The topological polar surface area (TPSA) is 56.1 Å². The summed E-state index contributed by atoms with van der Waals surface area (Å²) in [4.78, 5) is 12.2. The fraction of sp³-hybridized carbons (Fsp3) is 0.0588. The van der Waals surface area contributed by atoms with Crippen LogP contribution in [0.2, 0.25) is 0 Å². The molecule has 1 amide bonds. The van der Waals surface area contributed by atoms with Crippen molar-refractivity contribution in [1.82, 2.24) is 9.78 Å². The van der Waals surface area contributed by atoms with Gasteiger partial charge >= 0.3 is 0 Å². The van der Waals surface area contributed by atoms with Gasteiger partial charge in [0.25, 0.3) is 5.91 Å². The number of ether oxygens (including phenoxy) is 1. The molecule has 0 unspecified atom stereocenters. The van der Waals surface area contributed by atoms with E-state index in [1.165, 1.54) is 0 Å². The number of hydrogen-bond donors (Lipinski definition) is 1. The van der Waals surface area contributed by atoms with Crippen LogP contribution < -0.4 is 10.1 Å². The number of halogens is 1.